The van der Waals surface area contributed by atoms with Gasteiger partial charge in [-0.3, -0.25) is 0 Å². The molecule has 3 fully saturated rings. The third kappa shape index (κ3) is 3.07. The molecule has 0 radical (unpaired) electrons. The van der Waals surface area contributed by atoms with Gasteiger partial charge < -0.3 is 10.2 Å². The molecule has 104 valence electrons. The zero-order valence-electron chi connectivity index (χ0n) is 11.2. The number of rotatable bonds is 3. The van der Waals surface area contributed by atoms with Crippen molar-refractivity contribution in [3.05, 3.63) is 32.7 Å². The summed E-state index contributed by atoms with van der Waals surface area (Å²) in [6.07, 6.45) is 2.73. The summed E-state index contributed by atoms with van der Waals surface area (Å²) in [4.78, 5) is 2.60. The van der Waals surface area contributed by atoms with E-state index in [0.717, 1.165) is 10.4 Å². The third-order valence-electron chi connectivity index (χ3n) is 4.55. The molecule has 0 amide bonds. The van der Waals surface area contributed by atoms with Gasteiger partial charge in [0.25, 0.3) is 0 Å². The Bertz CT molecular complexity index is 455. The number of nitrogens with one attached hydrogen (secondary N) is 1. The Kier molecular flexibility index (Phi) is 4.32. The molecule has 0 saturated carbocycles. The zero-order chi connectivity index (χ0) is 13.4. The number of fused-ring (bicyclic) bond motifs is 3. The Hall–Kier alpha value is 0.1000. The molecule has 2 unspecified atom stereocenters. The largest absolute Gasteiger partial charge is 0.306 e. The molecule has 19 heavy (non-hydrogen) atoms. The minimum Gasteiger partial charge on any atom is -0.306 e. The van der Waals surface area contributed by atoms with Crippen LogP contribution in [0.1, 0.15) is 31.4 Å². The second kappa shape index (κ2) is 5.84. The number of hydrogen-bond acceptors (Lipinski definition) is 2. The maximum Gasteiger partial charge on any atom is 0.0306 e. The van der Waals surface area contributed by atoms with E-state index in [1.54, 1.807) is 0 Å². The summed E-state index contributed by atoms with van der Waals surface area (Å²) in [5, 5.41) is 3.84. The van der Waals surface area contributed by atoms with Crippen molar-refractivity contribution in [2.24, 2.45) is 5.92 Å². The Balaban J connectivity index is 1.69. The normalized spacial score (nSPS) is 31.4. The predicted octanol–water partition coefficient (Wildman–Crippen LogP) is 3.96. The highest BCUT2D eigenvalue weighted by molar-refractivity contribution is 9.11. The topological polar surface area (TPSA) is 15.3 Å². The molecule has 2 nitrogen and oxygen atoms in total. The quantitative estimate of drug-likeness (QED) is 0.844. The number of halogens is 2. The van der Waals surface area contributed by atoms with Crippen molar-refractivity contribution in [2.75, 3.05) is 19.6 Å². The van der Waals surface area contributed by atoms with Gasteiger partial charge in [-0.15, -0.1) is 0 Å². The first-order valence-corrected chi connectivity index (χ1v) is 8.65. The first kappa shape index (κ1) is 14.1. The predicted molar refractivity (Wildman–Crippen MR) is 86.3 cm³/mol. The smallest absolute Gasteiger partial charge is 0.0306 e. The molecule has 1 aromatic carbocycles. The standard InChI is InChI=1S/C15H20Br2N2/c1-10(13-3-2-12(16)8-14(13)17)18-15-9-19-6-4-11(15)5-7-19/h2-3,8,10-11,15,18H,4-7,9H2,1H3. The van der Waals surface area contributed by atoms with Gasteiger partial charge in [-0.05, 0) is 56.5 Å². The third-order valence-corrected chi connectivity index (χ3v) is 5.73. The van der Waals surface area contributed by atoms with Crippen LogP contribution in [0.2, 0.25) is 0 Å². The summed E-state index contributed by atoms with van der Waals surface area (Å²) in [6.45, 7) is 6.10. The fourth-order valence-electron chi connectivity index (χ4n) is 3.42. The number of nitrogens with zero attached hydrogens (tertiary/aromatic N) is 1. The number of piperidine rings is 3. The van der Waals surface area contributed by atoms with E-state index < -0.39 is 0 Å². The van der Waals surface area contributed by atoms with E-state index in [0.29, 0.717) is 12.1 Å². The summed E-state index contributed by atoms with van der Waals surface area (Å²) in [7, 11) is 0. The lowest BCUT2D eigenvalue weighted by molar-refractivity contribution is 0.0680. The van der Waals surface area contributed by atoms with Gasteiger partial charge in [-0.25, -0.2) is 0 Å². The van der Waals surface area contributed by atoms with E-state index >= 15 is 0 Å². The van der Waals surface area contributed by atoms with Gasteiger partial charge in [-0.2, -0.15) is 0 Å². The van der Waals surface area contributed by atoms with Crippen molar-refractivity contribution in [1.29, 1.82) is 0 Å². The molecule has 4 rings (SSSR count). The molecule has 3 heterocycles. The number of benzene rings is 1. The lowest BCUT2D eigenvalue weighted by atomic mass is 9.83. The maximum atomic E-state index is 3.84. The second-order valence-electron chi connectivity index (χ2n) is 5.80. The van der Waals surface area contributed by atoms with Gasteiger partial charge in [0.2, 0.25) is 0 Å². The zero-order valence-corrected chi connectivity index (χ0v) is 14.4. The monoisotopic (exact) mass is 386 g/mol. The lowest BCUT2D eigenvalue weighted by Crippen LogP contribution is -2.56. The van der Waals surface area contributed by atoms with Gasteiger partial charge in [-0.1, -0.05) is 37.9 Å². The molecule has 3 saturated heterocycles. The van der Waals surface area contributed by atoms with E-state index in [4.69, 9.17) is 0 Å². The summed E-state index contributed by atoms with van der Waals surface area (Å²) in [5.41, 5.74) is 1.35. The van der Waals surface area contributed by atoms with E-state index in [1.807, 2.05) is 0 Å². The minimum absolute atomic E-state index is 0.396. The van der Waals surface area contributed by atoms with Gasteiger partial charge in [0.15, 0.2) is 0 Å². The van der Waals surface area contributed by atoms with Gasteiger partial charge in [0.1, 0.15) is 0 Å². The molecular formula is C15H20Br2N2. The van der Waals surface area contributed by atoms with Crippen LogP contribution in [0.3, 0.4) is 0 Å². The molecule has 2 atom stereocenters. The fraction of sp³-hybridized carbons (Fsp3) is 0.600. The maximum absolute atomic E-state index is 3.84. The Morgan fingerprint density at radius 3 is 2.58 bits per heavy atom. The van der Waals surface area contributed by atoms with Crippen LogP contribution >= 0.6 is 31.9 Å². The van der Waals surface area contributed by atoms with Crippen molar-refractivity contribution in [3.8, 4) is 0 Å². The van der Waals surface area contributed by atoms with Crippen molar-refractivity contribution in [3.63, 3.8) is 0 Å². The van der Waals surface area contributed by atoms with Crippen LogP contribution in [-0.2, 0) is 0 Å². The van der Waals surface area contributed by atoms with Crippen molar-refractivity contribution in [2.45, 2.75) is 31.8 Å². The van der Waals surface area contributed by atoms with Crippen molar-refractivity contribution in [1.82, 2.24) is 10.2 Å². The molecule has 4 heteroatoms. The fourth-order valence-corrected chi connectivity index (χ4v) is 4.81. The van der Waals surface area contributed by atoms with E-state index in [2.05, 4.69) is 67.2 Å². The van der Waals surface area contributed by atoms with E-state index in [1.165, 1.54) is 42.5 Å². The molecule has 0 spiro atoms. The van der Waals surface area contributed by atoms with E-state index in [-0.39, 0.29) is 0 Å². The van der Waals surface area contributed by atoms with Gasteiger partial charge >= 0.3 is 0 Å². The Morgan fingerprint density at radius 1 is 1.26 bits per heavy atom. The number of hydrogen-bond donors (Lipinski definition) is 1. The summed E-state index contributed by atoms with van der Waals surface area (Å²) >= 11 is 7.19. The SMILES string of the molecule is CC(NC1CN2CCC1CC2)c1ccc(Br)cc1Br. The van der Waals surface area contributed by atoms with Crippen molar-refractivity contribution >= 4 is 31.9 Å². The molecule has 3 aliphatic heterocycles. The molecule has 0 aliphatic carbocycles. The van der Waals surface area contributed by atoms with E-state index in [9.17, 15) is 0 Å². The molecular weight excluding hydrogens is 368 g/mol. The first-order chi connectivity index (χ1) is 9.13. The van der Waals surface area contributed by atoms with Crippen LogP contribution in [-0.4, -0.2) is 30.6 Å². The van der Waals surface area contributed by atoms with Crippen molar-refractivity contribution < 1.29 is 0 Å². The average molecular weight is 388 g/mol. The van der Waals surface area contributed by atoms with Crippen LogP contribution < -0.4 is 5.32 Å². The Morgan fingerprint density at radius 2 is 2.00 bits per heavy atom. The van der Waals surface area contributed by atoms with Gasteiger partial charge in [0.05, 0.1) is 0 Å². The van der Waals surface area contributed by atoms with Crippen LogP contribution in [0.25, 0.3) is 0 Å². The Labute approximate surface area is 132 Å². The van der Waals surface area contributed by atoms with Crippen LogP contribution in [0.5, 0.6) is 0 Å². The van der Waals surface area contributed by atoms with Gasteiger partial charge in [0, 0.05) is 27.6 Å². The molecule has 0 aromatic heterocycles. The second-order valence-corrected chi connectivity index (χ2v) is 7.57. The first-order valence-electron chi connectivity index (χ1n) is 7.07. The van der Waals surface area contributed by atoms with Crippen LogP contribution in [0.4, 0.5) is 0 Å². The highest BCUT2D eigenvalue weighted by atomic mass is 79.9. The minimum atomic E-state index is 0.396. The molecule has 1 N–H and O–H groups in total. The van der Waals surface area contributed by atoms with Crippen LogP contribution in [0, 0.1) is 5.92 Å². The molecule has 3 aliphatic rings. The summed E-state index contributed by atoms with van der Waals surface area (Å²) in [6, 6.07) is 7.51. The van der Waals surface area contributed by atoms with Crippen LogP contribution in [0.15, 0.2) is 27.1 Å². The molecule has 1 aromatic rings. The molecule has 2 bridgehead atoms. The lowest BCUT2D eigenvalue weighted by Gasteiger charge is -2.46. The average Bonchev–Trinajstić information content (AvgIpc) is 2.39. The highest BCUT2D eigenvalue weighted by Crippen LogP contribution is 2.31. The summed E-state index contributed by atoms with van der Waals surface area (Å²) in [5.74, 6) is 0.877. The highest BCUT2D eigenvalue weighted by Gasteiger charge is 2.34. The summed E-state index contributed by atoms with van der Waals surface area (Å²) < 4.78 is 2.31.